The lowest BCUT2D eigenvalue weighted by molar-refractivity contribution is 0.358. The third-order valence-electron chi connectivity index (χ3n) is 3.70. The molecule has 0 aromatic carbocycles. The summed E-state index contributed by atoms with van der Waals surface area (Å²) in [6, 6.07) is 1.83. The van der Waals surface area contributed by atoms with E-state index in [-0.39, 0.29) is 0 Å². The molecule has 1 fully saturated rings. The minimum absolute atomic E-state index is 0.301. The molecule has 2 N–H and O–H groups in total. The molecule has 0 bridgehead atoms. The zero-order valence-electron chi connectivity index (χ0n) is 11.2. The second kappa shape index (κ2) is 4.45. The highest BCUT2D eigenvalue weighted by molar-refractivity contribution is 5.44. The summed E-state index contributed by atoms with van der Waals surface area (Å²) < 4.78 is 10.5. The van der Waals surface area contributed by atoms with E-state index in [2.05, 4.69) is 15.3 Å². The van der Waals surface area contributed by atoms with Crippen molar-refractivity contribution in [3.8, 4) is 11.7 Å². The van der Waals surface area contributed by atoms with Gasteiger partial charge >= 0.3 is 0 Å². The van der Waals surface area contributed by atoms with Crippen LogP contribution in [0.25, 0.3) is 11.7 Å². The molecule has 3 rings (SSSR count). The minimum atomic E-state index is -0.442. The van der Waals surface area contributed by atoms with Crippen LogP contribution in [0.5, 0.6) is 0 Å². The average molecular weight is 262 g/mol. The molecule has 102 valence electrons. The molecular weight excluding hydrogens is 244 g/mol. The fraction of sp³-hybridized carbons (Fsp3) is 0.615. The maximum atomic E-state index is 6.29. The Labute approximate surface area is 111 Å². The van der Waals surface area contributed by atoms with Crippen LogP contribution in [0.1, 0.15) is 57.0 Å². The molecule has 0 spiro atoms. The van der Waals surface area contributed by atoms with Crippen molar-refractivity contribution in [1.82, 2.24) is 15.3 Å². The molecule has 1 aliphatic rings. The predicted octanol–water partition coefficient (Wildman–Crippen LogP) is 2.58. The molecule has 2 aromatic heterocycles. The van der Waals surface area contributed by atoms with Crippen LogP contribution in [0.15, 0.2) is 15.1 Å². The highest BCUT2D eigenvalue weighted by atomic mass is 16.5. The number of hydrogen-bond acceptors (Lipinski definition) is 6. The first-order valence-electron chi connectivity index (χ1n) is 6.68. The molecule has 2 heterocycles. The lowest BCUT2D eigenvalue weighted by Crippen LogP contribution is -2.34. The van der Waals surface area contributed by atoms with E-state index in [1.54, 1.807) is 0 Å². The van der Waals surface area contributed by atoms with Gasteiger partial charge in [-0.1, -0.05) is 37.0 Å². The van der Waals surface area contributed by atoms with E-state index >= 15 is 0 Å². The van der Waals surface area contributed by atoms with Gasteiger partial charge in [-0.15, -0.1) is 0 Å². The van der Waals surface area contributed by atoms with Crippen LogP contribution in [-0.2, 0) is 5.54 Å². The highest BCUT2D eigenvalue weighted by Crippen LogP contribution is 2.35. The second-order valence-electron chi connectivity index (χ2n) is 5.56. The fourth-order valence-corrected chi connectivity index (χ4v) is 2.42. The van der Waals surface area contributed by atoms with Gasteiger partial charge in [0.15, 0.2) is 5.82 Å². The lowest BCUT2D eigenvalue weighted by Gasteiger charge is -2.17. The zero-order valence-corrected chi connectivity index (χ0v) is 11.2. The normalized spacial score (nSPS) is 18.3. The highest BCUT2D eigenvalue weighted by Gasteiger charge is 2.36. The summed E-state index contributed by atoms with van der Waals surface area (Å²) in [5.74, 6) is 1.73. The smallest absolute Gasteiger partial charge is 0.296 e. The summed E-state index contributed by atoms with van der Waals surface area (Å²) in [6.07, 6.45) is 4.03. The number of nitrogens with two attached hydrogens (primary N) is 1. The summed E-state index contributed by atoms with van der Waals surface area (Å²) in [4.78, 5) is 4.37. The maximum Gasteiger partial charge on any atom is 0.296 e. The number of nitrogens with zero attached hydrogens (tertiary/aromatic N) is 3. The Morgan fingerprint density at radius 1 is 1.21 bits per heavy atom. The summed E-state index contributed by atoms with van der Waals surface area (Å²) in [5.41, 5.74) is 6.73. The summed E-state index contributed by atoms with van der Waals surface area (Å²) in [7, 11) is 0. The Balaban J connectivity index is 1.88. The third kappa shape index (κ3) is 2.16. The van der Waals surface area contributed by atoms with Gasteiger partial charge in [-0.25, -0.2) is 0 Å². The van der Waals surface area contributed by atoms with E-state index < -0.39 is 5.54 Å². The molecule has 0 unspecified atom stereocenters. The van der Waals surface area contributed by atoms with Crippen molar-refractivity contribution in [3.63, 3.8) is 0 Å². The van der Waals surface area contributed by atoms with Crippen molar-refractivity contribution in [2.75, 3.05) is 0 Å². The van der Waals surface area contributed by atoms with Crippen molar-refractivity contribution in [2.24, 2.45) is 5.73 Å². The summed E-state index contributed by atoms with van der Waals surface area (Å²) in [5, 5.41) is 7.98. The van der Waals surface area contributed by atoms with Gasteiger partial charge in [-0.05, 0) is 18.8 Å². The molecule has 19 heavy (non-hydrogen) atoms. The largest absolute Gasteiger partial charge is 0.351 e. The van der Waals surface area contributed by atoms with E-state index in [9.17, 15) is 0 Å². The topological polar surface area (TPSA) is 91.0 Å². The van der Waals surface area contributed by atoms with Gasteiger partial charge in [0.1, 0.15) is 0 Å². The first-order chi connectivity index (χ1) is 9.08. The van der Waals surface area contributed by atoms with Crippen LogP contribution in [0.4, 0.5) is 0 Å². The van der Waals surface area contributed by atoms with Gasteiger partial charge < -0.3 is 14.8 Å². The SMILES string of the molecule is CC(C)c1cc(-c2nc(C3(N)CCCC3)no2)on1. The average Bonchev–Trinajstić information content (AvgIpc) is 3.08. The molecule has 0 atom stereocenters. The van der Waals surface area contributed by atoms with Crippen molar-refractivity contribution in [2.45, 2.75) is 51.0 Å². The van der Waals surface area contributed by atoms with Crippen LogP contribution in [-0.4, -0.2) is 15.3 Å². The van der Waals surface area contributed by atoms with Crippen LogP contribution >= 0.6 is 0 Å². The molecule has 2 aromatic rings. The first-order valence-corrected chi connectivity index (χ1v) is 6.68. The molecule has 0 amide bonds. The van der Waals surface area contributed by atoms with Gasteiger partial charge in [0.05, 0.1) is 11.2 Å². The molecule has 1 aliphatic carbocycles. The Bertz CT molecular complexity index is 567. The van der Waals surface area contributed by atoms with Crippen molar-refractivity contribution in [1.29, 1.82) is 0 Å². The number of rotatable bonds is 3. The van der Waals surface area contributed by atoms with Gasteiger partial charge in [0.25, 0.3) is 5.89 Å². The van der Waals surface area contributed by atoms with Gasteiger partial charge in [-0.2, -0.15) is 4.98 Å². The Hall–Kier alpha value is -1.69. The minimum Gasteiger partial charge on any atom is -0.351 e. The molecule has 6 heteroatoms. The molecular formula is C13H18N4O2. The molecule has 1 saturated carbocycles. The molecule has 0 radical (unpaired) electrons. The third-order valence-corrected chi connectivity index (χ3v) is 3.70. The first kappa shape index (κ1) is 12.3. The van der Waals surface area contributed by atoms with E-state index in [1.165, 1.54) is 0 Å². The van der Waals surface area contributed by atoms with Crippen LogP contribution in [0.3, 0.4) is 0 Å². The van der Waals surface area contributed by atoms with E-state index in [0.29, 0.717) is 23.4 Å². The van der Waals surface area contributed by atoms with Crippen LogP contribution < -0.4 is 5.73 Å². The van der Waals surface area contributed by atoms with Crippen LogP contribution in [0.2, 0.25) is 0 Å². The van der Waals surface area contributed by atoms with Gasteiger partial charge in [-0.3, -0.25) is 0 Å². The Kier molecular flexibility index (Phi) is 2.89. The number of hydrogen-bond donors (Lipinski definition) is 1. The summed E-state index contributed by atoms with van der Waals surface area (Å²) >= 11 is 0. The van der Waals surface area contributed by atoms with E-state index in [4.69, 9.17) is 14.8 Å². The molecule has 0 aliphatic heterocycles. The van der Waals surface area contributed by atoms with Crippen molar-refractivity contribution >= 4 is 0 Å². The van der Waals surface area contributed by atoms with E-state index in [0.717, 1.165) is 31.4 Å². The van der Waals surface area contributed by atoms with E-state index in [1.807, 2.05) is 19.9 Å². The quantitative estimate of drug-likeness (QED) is 0.914. The fourth-order valence-electron chi connectivity index (χ4n) is 2.42. The Morgan fingerprint density at radius 3 is 2.58 bits per heavy atom. The predicted molar refractivity (Wildman–Crippen MR) is 68.2 cm³/mol. The Morgan fingerprint density at radius 2 is 1.95 bits per heavy atom. The lowest BCUT2D eigenvalue weighted by atomic mass is 9.99. The monoisotopic (exact) mass is 262 g/mol. The summed E-state index contributed by atoms with van der Waals surface area (Å²) in [6.45, 7) is 4.10. The zero-order chi connectivity index (χ0) is 13.5. The van der Waals surface area contributed by atoms with Crippen molar-refractivity contribution < 1.29 is 9.05 Å². The molecule has 0 saturated heterocycles. The van der Waals surface area contributed by atoms with Crippen LogP contribution in [0, 0.1) is 0 Å². The second-order valence-corrected chi connectivity index (χ2v) is 5.56. The molecule has 6 nitrogen and oxygen atoms in total. The van der Waals surface area contributed by atoms with Gasteiger partial charge in [0.2, 0.25) is 5.76 Å². The maximum absolute atomic E-state index is 6.29. The standard InChI is InChI=1S/C13H18N4O2/c1-8(2)9-7-10(18-16-9)11-15-12(17-19-11)13(14)5-3-4-6-13/h7-8H,3-6,14H2,1-2H3. The van der Waals surface area contributed by atoms with Gasteiger partial charge in [0, 0.05) is 6.07 Å². The van der Waals surface area contributed by atoms with Crippen molar-refractivity contribution in [3.05, 3.63) is 17.6 Å². The number of aromatic nitrogens is 3.